The van der Waals surface area contributed by atoms with Gasteiger partial charge in [0.15, 0.2) is 30.0 Å². The number of rotatable bonds is 11. The molecule has 15 heteroatoms. The largest absolute Gasteiger partial charge is 0.461 e. The van der Waals surface area contributed by atoms with Gasteiger partial charge in [0, 0.05) is 6.92 Å². The van der Waals surface area contributed by atoms with E-state index in [1.807, 2.05) is 109 Å². The molecule has 2 fully saturated rings. The van der Waals surface area contributed by atoms with Crippen molar-refractivity contribution in [2.24, 2.45) is 0 Å². The van der Waals surface area contributed by atoms with Gasteiger partial charge < -0.3 is 28.8 Å². The quantitative estimate of drug-likeness (QED) is 0.0967. The number of halogens is 2. The van der Waals surface area contributed by atoms with Crippen LogP contribution in [-0.2, 0) is 28.5 Å². The molecule has 2 aliphatic heterocycles. The zero-order valence-corrected chi connectivity index (χ0v) is 39.4. The summed E-state index contributed by atoms with van der Waals surface area (Å²) in [6.07, 6.45) is -6.11. The molecular formula is C56H44F2O11S2. The van der Waals surface area contributed by atoms with E-state index in [1.165, 1.54) is 6.92 Å². The van der Waals surface area contributed by atoms with Crippen molar-refractivity contribution in [1.29, 1.82) is 0 Å². The number of esters is 5. The third kappa shape index (κ3) is 11.3. The fraction of sp³-hybridized carbons (Fsp3) is 0.196. The maximum Gasteiger partial charge on any atom is 0.338 e. The van der Waals surface area contributed by atoms with Crippen molar-refractivity contribution in [3.63, 3.8) is 0 Å². The van der Waals surface area contributed by atoms with Gasteiger partial charge in [0.2, 0.25) is 0 Å². The summed E-state index contributed by atoms with van der Waals surface area (Å²) in [5.41, 5.74) is -1.30. The van der Waals surface area contributed by atoms with Gasteiger partial charge in [-0.05, 0) is 91.6 Å². The van der Waals surface area contributed by atoms with Gasteiger partial charge in [-0.1, -0.05) is 121 Å². The van der Waals surface area contributed by atoms with Crippen LogP contribution >= 0.6 is 23.5 Å². The predicted octanol–water partition coefficient (Wildman–Crippen LogP) is 10.9. The Labute approximate surface area is 414 Å². The van der Waals surface area contributed by atoms with Gasteiger partial charge in [-0.2, -0.15) is 0 Å². The number of ether oxygens (including phenoxy) is 5. The molecule has 0 bridgehead atoms. The molecule has 2 aliphatic rings. The SMILES string of the molecule is CC(=O)O[C@@H]1S[C@H](COC(=O)c2ccc3ccccc3c2)[C@@H](OC(=O)c2ccc3ccccc3c2)[C@@H]1F.O=C(OC[C@H]1S[C@@H](O)[C@@H](F)[C@@H]1OC(=O)c1ccc2ccccc2c1)c1ccc2ccccc2c1. The van der Waals surface area contributed by atoms with Crippen LogP contribution in [0.1, 0.15) is 48.4 Å². The highest BCUT2D eigenvalue weighted by molar-refractivity contribution is 8.01. The average molecular weight is 995 g/mol. The van der Waals surface area contributed by atoms with E-state index < -0.39 is 75.8 Å². The van der Waals surface area contributed by atoms with Crippen LogP contribution in [0.3, 0.4) is 0 Å². The number of thioether (sulfide) groups is 2. The van der Waals surface area contributed by atoms with Crippen LogP contribution < -0.4 is 0 Å². The average Bonchev–Trinajstić information content (AvgIpc) is 3.83. The lowest BCUT2D eigenvalue weighted by atomic mass is 10.1. The van der Waals surface area contributed by atoms with Crippen molar-refractivity contribution in [1.82, 2.24) is 0 Å². The van der Waals surface area contributed by atoms with Crippen LogP contribution in [0.5, 0.6) is 0 Å². The van der Waals surface area contributed by atoms with E-state index in [0.717, 1.165) is 66.6 Å². The second kappa shape index (κ2) is 21.8. The zero-order valence-electron chi connectivity index (χ0n) is 37.8. The maximum absolute atomic E-state index is 15.3. The highest BCUT2D eigenvalue weighted by Gasteiger charge is 2.50. The molecule has 8 atom stereocenters. The number of aliphatic hydroxyl groups is 1. The Hall–Kier alpha value is -7.33. The van der Waals surface area contributed by atoms with Crippen molar-refractivity contribution in [2.75, 3.05) is 13.2 Å². The second-order valence-corrected chi connectivity index (χ2v) is 19.5. The van der Waals surface area contributed by atoms with Gasteiger partial charge in [-0.3, -0.25) is 4.79 Å². The van der Waals surface area contributed by atoms with E-state index >= 15 is 4.39 Å². The van der Waals surface area contributed by atoms with Crippen molar-refractivity contribution < 1.29 is 61.5 Å². The maximum atomic E-state index is 15.3. The Morgan fingerprint density at radius 3 is 1.13 bits per heavy atom. The molecule has 0 amide bonds. The second-order valence-electron chi connectivity index (χ2n) is 16.8. The van der Waals surface area contributed by atoms with E-state index in [-0.39, 0.29) is 24.3 Å². The molecule has 2 heterocycles. The van der Waals surface area contributed by atoms with Gasteiger partial charge in [0.05, 0.1) is 32.8 Å². The van der Waals surface area contributed by atoms with Crippen molar-refractivity contribution in [2.45, 2.75) is 52.8 Å². The molecule has 0 unspecified atom stereocenters. The van der Waals surface area contributed by atoms with Gasteiger partial charge in [-0.15, -0.1) is 23.5 Å². The molecule has 2 saturated heterocycles. The number of carbonyl (C=O) groups excluding carboxylic acids is 5. The molecule has 10 rings (SSSR count). The number of carbonyl (C=O) groups is 5. The number of fused-ring (bicyclic) bond motifs is 4. The van der Waals surface area contributed by atoms with Crippen molar-refractivity contribution in [3.05, 3.63) is 192 Å². The zero-order chi connectivity index (χ0) is 49.6. The first-order valence-electron chi connectivity index (χ1n) is 22.5. The number of hydrogen-bond donors (Lipinski definition) is 1. The van der Waals surface area contributed by atoms with E-state index in [1.54, 1.807) is 60.7 Å². The minimum absolute atomic E-state index is 0.205. The molecule has 0 aromatic heterocycles. The summed E-state index contributed by atoms with van der Waals surface area (Å²) in [6.45, 7) is 0.740. The Balaban J connectivity index is 0.000000176. The topological polar surface area (TPSA) is 152 Å². The summed E-state index contributed by atoms with van der Waals surface area (Å²) in [5.74, 6) is -3.22. The van der Waals surface area contributed by atoms with Crippen molar-refractivity contribution in [3.8, 4) is 0 Å². The van der Waals surface area contributed by atoms with E-state index in [4.69, 9.17) is 23.7 Å². The van der Waals surface area contributed by atoms with Gasteiger partial charge in [0.1, 0.15) is 18.6 Å². The molecular weight excluding hydrogens is 951 g/mol. The Kier molecular flexibility index (Phi) is 14.9. The standard InChI is InChI=1S/C29H23FO6S.C27H21FO5S/c1-17(31)35-29-25(30)26(36-28(33)23-13-11-19-7-3-5-9-21(19)15-23)24(37-29)16-34-27(32)22-12-10-18-6-2-4-8-20(18)14-22;28-23-24(33-26(30)21-12-10-17-6-2-4-8-19(17)14-21)22(34-27(23)31)15-32-25(29)20-11-9-16-5-1-3-7-18(16)13-20/h2-15,24-26,29H,16H2,1H3;1-14,22-24,27,31H,15H2/t24-,25+,26-,29-;22-,23+,24-,27-/m11/s1. The summed E-state index contributed by atoms with van der Waals surface area (Å²) in [5, 5.41) is 15.9. The van der Waals surface area contributed by atoms with Crippen LogP contribution in [0.15, 0.2) is 170 Å². The Bertz CT molecular complexity index is 3300. The molecule has 0 spiro atoms. The van der Waals surface area contributed by atoms with E-state index in [2.05, 4.69) is 0 Å². The number of benzene rings is 8. The third-order valence-electron chi connectivity index (χ3n) is 12.0. The molecule has 0 aliphatic carbocycles. The van der Waals surface area contributed by atoms with Gasteiger partial charge in [0.25, 0.3) is 0 Å². The highest BCUT2D eigenvalue weighted by Crippen LogP contribution is 2.40. The predicted molar refractivity (Wildman–Crippen MR) is 269 cm³/mol. The monoisotopic (exact) mass is 994 g/mol. The summed E-state index contributed by atoms with van der Waals surface area (Å²) in [6, 6.07) is 50.9. The van der Waals surface area contributed by atoms with Gasteiger partial charge >= 0.3 is 29.8 Å². The number of hydrogen-bond acceptors (Lipinski definition) is 13. The first-order chi connectivity index (χ1) is 34.4. The summed E-state index contributed by atoms with van der Waals surface area (Å²) in [7, 11) is 0. The summed E-state index contributed by atoms with van der Waals surface area (Å²) in [4.78, 5) is 62.5. The molecule has 8 aromatic carbocycles. The van der Waals surface area contributed by atoms with Crippen LogP contribution in [0, 0.1) is 0 Å². The number of alkyl halides is 2. The molecule has 360 valence electrons. The van der Waals surface area contributed by atoms with E-state index in [0.29, 0.717) is 11.1 Å². The van der Waals surface area contributed by atoms with Crippen LogP contribution in [0.25, 0.3) is 43.1 Å². The first-order valence-corrected chi connectivity index (χ1v) is 24.4. The smallest absolute Gasteiger partial charge is 0.338 e. The molecule has 0 saturated carbocycles. The highest BCUT2D eigenvalue weighted by atomic mass is 32.2. The summed E-state index contributed by atoms with van der Waals surface area (Å²) >= 11 is 1.85. The number of aliphatic hydroxyl groups excluding tert-OH is 1. The third-order valence-corrected chi connectivity index (χ3v) is 14.7. The van der Waals surface area contributed by atoms with Gasteiger partial charge in [-0.25, -0.2) is 28.0 Å². The lowest BCUT2D eigenvalue weighted by Crippen LogP contribution is -2.37. The Morgan fingerprint density at radius 1 is 0.437 bits per heavy atom. The Morgan fingerprint density at radius 2 is 0.761 bits per heavy atom. The molecule has 1 N–H and O–H groups in total. The first kappa shape index (κ1) is 48.7. The molecule has 11 nitrogen and oxygen atoms in total. The molecule has 0 radical (unpaired) electrons. The van der Waals surface area contributed by atoms with Crippen LogP contribution in [0.2, 0.25) is 0 Å². The lowest BCUT2D eigenvalue weighted by Gasteiger charge is -2.20. The van der Waals surface area contributed by atoms with Crippen LogP contribution in [0.4, 0.5) is 8.78 Å². The molecule has 8 aromatic rings. The molecule has 71 heavy (non-hydrogen) atoms. The normalized spacial score (nSPS) is 21.5. The minimum atomic E-state index is -1.79. The summed E-state index contributed by atoms with van der Waals surface area (Å²) < 4.78 is 57.0. The lowest BCUT2D eigenvalue weighted by molar-refractivity contribution is -0.145. The fourth-order valence-corrected chi connectivity index (χ4v) is 10.8. The minimum Gasteiger partial charge on any atom is -0.461 e. The van der Waals surface area contributed by atoms with E-state index in [9.17, 15) is 33.5 Å². The van der Waals surface area contributed by atoms with Crippen molar-refractivity contribution >= 4 is 96.5 Å². The fourth-order valence-electron chi connectivity index (χ4n) is 8.32. The van der Waals surface area contributed by atoms with Crippen LogP contribution in [-0.4, -0.2) is 94.1 Å².